The van der Waals surface area contributed by atoms with Crippen LogP contribution in [0.3, 0.4) is 0 Å². The Morgan fingerprint density at radius 1 is 0.957 bits per heavy atom. The Balaban J connectivity index is 1.56. The maximum atomic E-state index is 14.2. The van der Waals surface area contributed by atoms with Crippen LogP contribution in [0, 0.1) is 5.92 Å². The lowest BCUT2D eigenvalue weighted by Gasteiger charge is -2.44. The number of rotatable bonds is 3. The molecule has 1 saturated carbocycles. The number of piperidine rings is 1. The number of alkyl halides is 2. The van der Waals surface area contributed by atoms with E-state index in [9.17, 15) is 23.5 Å². The number of likely N-dealkylation sites (tertiary alicyclic amines) is 2. The third-order valence-electron chi connectivity index (χ3n) is 5.58. The van der Waals surface area contributed by atoms with Gasteiger partial charge in [0.05, 0.1) is 0 Å². The largest absolute Gasteiger partial charge is 0.383 e. The SMILES string of the molecule is O=C(C1CCN(C(=O)C(F)(F)C2(O)CCC2)CC1)N1CCCC1. The van der Waals surface area contributed by atoms with Crippen LogP contribution in [0.25, 0.3) is 0 Å². The van der Waals surface area contributed by atoms with Crippen molar-refractivity contribution in [1.82, 2.24) is 9.80 Å². The van der Waals surface area contributed by atoms with E-state index in [1.54, 1.807) is 0 Å². The Morgan fingerprint density at radius 2 is 1.52 bits per heavy atom. The van der Waals surface area contributed by atoms with Crippen LogP contribution in [0.15, 0.2) is 0 Å². The summed E-state index contributed by atoms with van der Waals surface area (Å²) in [6.45, 7) is 1.88. The minimum absolute atomic E-state index is 0.0321. The molecule has 0 radical (unpaired) electrons. The summed E-state index contributed by atoms with van der Waals surface area (Å²) in [6.07, 6.45) is 3.35. The van der Waals surface area contributed by atoms with E-state index in [-0.39, 0.29) is 37.8 Å². The highest BCUT2D eigenvalue weighted by atomic mass is 19.3. The van der Waals surface area contributed by atoms with Crippen LogP contribution in [0.1, 0.15) is 44.9 Å². The minimum atomic E-state index is -3.73. The Hall–Kier alpha value is -1.24. The standard InChI is InChI=1S/C16H24F2N2O3/c17-16(18,15(23)6-3-7-15)14(22)20-10-4-12(5-11-20)13(21)19-8-1-2-9-19/h12,23H,1-11H2. The zero-order chi connectivity index (χ0) is 16.7. The van der Waals surface area contributed by atoms with Crippen LogP contribution in [-0.2, 0) is 9.59 Å². The number of aliphatic hydroxyl groups is 1. The first-order valence-corrected chi connectivity index (χ1v) is 8.53. The first-order chi connectivity index (χ1) is 10.8. The molecule has 0 bridgehead atoms. The first-order valence-electron chi connectivity index (χ1n) is 8.53. The van der Waals surface area contributed by atoms with E-state index in [4.69, 9.17) is 0 Å². The predicted molar refractivity (Wildman–Crippen MR) is 78.9 cm³/mol. The van der Waals surface area contributed by atoms with Gasteiger partial charge in [0.1, 0.15) is 5.60 Å². The van der Waals surface area contributed by atoms with E-state index in [0.29, 0.717) is 19.3 Å². The monoisotopic (exact) mass is 330 g/mol. The molecule has 0 aromatic rings. The molecule has 0 atom stereocenters. The van der Waals surface area contributed by atoms with E-state index < -0.39 is 17.4 Å². The molecule has 7 heteroatoms. The zero-order valence-corrected chi connectivity index (χ0v) is 13.3. The zero-order valence-electron chi connectivity index (χ0n) is 13.3. The van der Waals surface area contributed by atoms with Crippen molar-refractivity contribution in [2.24, 2.45) is 5.92 Å². The van der Waals surface area contributed by atoms with Gasteiger partial charge >= 0.3 is 5.92 Å². The third-order valence-corrected chi connectivity index (χ3v) is 5.58. The van der Waals surface area contributed by atoms with Crippen molar-refractivity contribution < 1.29 is 23.5 Å². The van der Waals surface area contributed by atoms with Gasteiger partial charge in [0.2, 0.25) is 5.91 Å². The molecule has 5 nitrogen and oxygen atoms in total. The summed E-state index contributed by atoms with van der Waals surface area (Å²) in [6, 6.07) is 0. The van der Waals surface area contributed by atoms with E-state index in [0.717, 1.165) is 30.8 Å². The molecule has 0 unspecified atom stereocenters. The second-order valence-electron chi connectivity index (χ2n) is 7.06. The molecule has 0 spiro atoms. The lowest BCUT2D eigenvalue weighted by molar-refractivity contribution is -0.224. The summed E-state index contributed by atoms with van der Waals surface area (Å²) < 4.78 is 28.4. The number of hydrogen-bond donors (Lipinski definition) is 1. The molecule has 1 aliphatic carbocycles. The molecule has 130 valence electrons. The highest BCUT2D eigenvalue weighted by Crippen LogP contribution is 2.45. The van der Waals surface area contributed by atoms with Crippen LogP contribution in [0.4, 0.5) is 8.78 Å². The van der Waals surface area contributed by atoms with Gasteiger partial charge in [-0.25, -0.2) is 0 Å². The van der Waals surface area contributed by atoms with E-state index in [2.05, 4.69) is 0 Å². The molecule has 0 aromatic heterocycles. The predicted octanol–water partition coefficient (Wildman–Crippen LogP) is 1.40. The molecule has 2 aliphatic heterocycles. The van der Waals surface area contributed by atoms with Gasteiger partial charge in [-0.05, 0) is 44.9 Å². The van der Waals surface area contributed by atoms with Gasteiger partial charge in [-0.1, -0.05) is 0 Å². The normalized spacial score (nSPS) is 25.3. The van der Waals surface area contributed by atoms with Crippen LogP contribution < -0.4 is 0 Å². The van der Waals surface area contributed by atoms with Crippen molar-refractivity contribution in [2.45, 2.75) is 56.5 Å². The van der Waals surface area contributed by atoms with Crippen molar-refractivity contribution in [1.29, 1.82) is 0 Å². The summed E-state index contributed by atoms with van der Waals surface area (Å²) in [5.41, 5.74) is -2.17. The second-order valence-corrected chi connectivity index (χ2v) is 7.06. The van der Waals surface area contributed by atoms with Crippen molar-refractivity contribution in [3.8, 4) is 0 Å². The number of carbonyl (C=O) groups is 2. The van der Waals surface area contributed by atoms with Crippen molar-refractivity contribution >= 4 is 11.8 Å². The average molecular weight is 330 g/mol. The van der Waals surface area contributed by atoms with Gasteiger partial charge in [0.15, 0.2) is 0 Å². The maximum absolute atomic E-state index is 14.2. The highest BCUT2D eigenvalue weighted by molar-refractivity contribution is 5.86. The van der Waals surface area contributed by atoms with Crippen molar-refractivity contribution in [2.75, 3.05) is 26.2 Å². The molecule has 2 heterocycles. The molecule has 2 amide bonds. The van der Waals surface area contributed by atoms with Crippen LogP contribution in [-0.4, -0.2) is 64.4 Å². The van der Waals surface area contributed by atoms with Gasteiger partial charge in [-0.15, -0.1) is 0 Å². The van der Waals surface area contributed by atoms with Gasteiger partial charge < -0.3 is 14.9 Å². The second kappa shape index (κ2) is 6.00. The molecule has 2 saturated heterocycles. The van der Waals surface area contributed by atoms with Crippen molar-refractivity contribution in [3.63, 3.8) is 0 Å². The summed E-state index contributed by atoms with van der Waals surface area (Å²) in [4.78, 5) is 27.4. The van der Waals surface area contributed by atoms with Crippen LogP contribution in [0.2, 0.25) is 0 Å². The fourth-order valence-corrected chi connectivity index (χ4v) is 3.75. The number of hydrogen-bond acceptors (Lipinski definition) is 3. The molecule has 3 rings (SSSR count). The number of halogens is 2. The lowest BCUT2D eigenvalue weighted by Crippen LogP contribution is -2.62. The van der Waals surface area contributed by atoms with E-state index >= 15 is 0 Å². The topological polar surface area (TPSA) is 60.9 Å². The Kier molecular flexibility index (Phi) is 4.33. The molecule has 0 aromatic carbocycles. The molecule has 23 heavy (non-hydrogen) atoms. The number of carbonyl (C=O) groups excluding carboxylic acids is 2. The Morgan fingerprint density at radius 3 is 2.00 bits per heavy atom. The van der Waals surface area contributed by atoms with Gasteiger partial charge in [0, 0.05) is 32.1 Å². The highest BCUT2D eigenvalue weighted by Gasteiger charge is 2.62. The van der Waals surface area contributed by atoms with Gasteiger partial charge in [-0.3, -0.25) is 9.59 Å². The maximum Gasteiger partial charge on any atom is 0.352 e. The molecule has 1 N–H and O–H groups in total. The summed E-state index contributed by atoms with van der Waals surface area (Å²) >= 11 is 0. The Labute approximate surface area is 134 Å². The molecule has 3 fully saturated rings. The van der Waals surface area contributed by atoms with Crippen LogP contribution >= 0.6 is 0 Å². The molecular weight excluding hydrogens is 306 g/mol. The van der Waals surface area contributed by atoms with Gasteiger partial charge in [0.25, 0.3) is 5.91 Å². The van der Waals surface area contributed by atoms with Crippen molar-refractivity contribution in [3.05, 3.63) is 0 Å². The molecular formula is C16H24F2N2O3. The number of nitrogens with zero attached hydrogens (tertiary/aromatic N) is 2. The summed E-state index contributed by atoms with van der Waals surface area (Å²) in [7, 11) is 0. The average Bonchev–Trinajstić information content (AvgIpc) is 3.05. The fraction of sp³-hybridized carbons (Fsp3) is 0.875. The summed E-state index contributed by atoms with van der Waals surface area (Å²) in [5, 5.41) is 9.86. The fourth-order valence-electron chi connectivity index (χ4n) is 3.75. The molecule has 3 aliphatic rings. The lowest BCUT2D eigenvalue weighted by atomic mass is 9.74. The third kappa shape index (κ3) is 2.84. The van der Waals surface area contributed by atoms with Gasteiger partial charge in [-0.2, -0.15) is 8.78 Å². The minimum Gasteiger partial charge on any atom is -0.383 e. The quantitative estimate of drug-likeness (QED) is 0.851. The Bertz CT molecular complexity index is 480. The van der Waals surface area contributed by atoms with Crippen LogP contribution in [0.5, 0.6) is 0 Å². The smallest absolute Gasteiger partial charge is 0.352 e. The van der Waals surface area contributed by atoms with E-state index in [1.165, 1.54) is 0 Å². The first kappa shape index (κ1) is 16.6. The summed E-state index contributed by atoms with van der Waals surface area (Å²) in [5.74, 6) is -5.08. The van der Waals surface area contributed by atoms with E-state index in [1.807, 2.05) is 4.90 Å². The number of amides is 2.